The third-order valence-electron chi connectivity index (χ3n) is 1.06. The van der Waals surface area contributed by atoms with Gasteiger partial charge in [-0.2, -0.15) is 0 Å². The molecule has 0 aliphatic rings. The van der Waals surface area contributed by atoms with Gasteiger partial charge in [0.25, 0.3) is 0 Å². The lowest BCUT2D eigenvalue weighted by Gasteiger charge is -1.97. The molecule has 0 bridgehead atoms. The van der Waals surface area contributed by atoms with E-state index in [1.54, 1.807) is 34.9 Å². The molecule has 0 aliphatic carbocycles. The molecule has 0 atom stereocenters. The van der Waals surface area contributed by atoms with Gasteiger partial charge in [0.2, 0.25) is 0 Å². The second-order valence-corrected chi connectivity index (χ2v) is 2.73. The van der Waals surface area contributed by atoms with Crippen LogP contribution < -0.4 is 0 Å². The van der Waals surface area contributed by atoms with E-state index in [0.717, 1.165) is 5.69 Å². The summed E-state index contributed by atoms with van der Waals surface area (Å²) in [5, 5.41) is 0. The molecule has 0 amide bonds. The molecule has 0 saturated heterocycles. The zero-order valence-corrected chi connectivity index (χ0v) is 7.82. The Hall–Kier alpha value is -0.650. The number of nitrogens with zero attached hydrogens (tertiary/aromatic N) is 1. The van der Waals surface area contributed by atoms with E-state index in [-0.39, 0.29) is 10.6 Å². The molecule has 0 fully saturated rings. The van der Waals surface area contributed by atoms with E-state index in [1.165, 1.54) is 0 Å². The Morgan fingerprint density at radius 1 is 1.64 bits per heavy atom. The van der Waals surface area contributed by atoms with Crippen LogP contribution in [0.1, 0.15) is 5.69 Å². The zero-order chi connectivity index (χ0) is 8.10. The van der Waals surface area contributed by atoms with Crippen LogP contribution in [0.15, 0.2) is 24.4 Å². The molecule has 4 heteroatoms. The van der Waals surface area contributed by atoms with Crippen molar-refractivity contribution in [3.8, 4) is 0 Å². The number of rotatable bonds is 2. The Morgan fingerprint density at radius 2 is 2.45 bits per heavy atom. The van der Waals surface area contributed by atoms with Gasteiger partial charge in [0, 0.05) is 6.20 Å². The molecule has 1 heterocycles. The highest BCUT2D eigenvalue weighted by atomic mass is 127. The molecule has 3 nitrogen and oxygen atoms in total. The van der Waals surface area contributed by atoms with Crippen molar-refractivity contribution in [2.24, 2.45) is 0 Å². The lowest BCUT2D eigenvalue weighted by Crippen LogP contribution is -1.95. The molecule has 0 N–H and O–H groups in total. The summed E-state index contributed by atoms with van der Waals surface area (Å²) in [5.74, 6) is 0. The van der Waals surface area contributed by atoms with E-state index in [4.69, 9.17) is 4.74 Å². The molecule has 0 aliphatic heterocycles. The maximum atomic E-state index is 10.4. The molecule has 0 radical (unpaired) electrons. The molecule has 1 aromatic rings. The van der Waals surface area contributed by atoms with Crippen LogP contribution in [-0.4, -0.2) is 8.96 Å². The predicted molar refractivity (Wildman–Crippen MR) is 48.4 cm³/mol. The molecule has 58 valence electrons. The Bertz CT molecular complexity index is 237. The van der Waals surface area contributed by atoms with Crippen LogP contribution in [0, 0.1) is 0 Å². The summed E-state index contributed by atoms with van der Waals surface area (Å²) < 4.78 is 4.40. The van der Waals surface area contributed by atoms with E-state index in [1.807, 2.05) is 12.1 Å². The summed E-state index contributed by atoms with van der Waals surface area (Å²) in [5.41, 5.74) is 0.762. The Morgan fingerprint density at radius 3 is 3.00 bits per heavy atom. The van der Waals surface area contributed by atoms with Crippen molar-refractivity contribution in [1.29, 1.82) is 0 Å². The number of ether oxygens (including phenoxy) is 1. The fraction of sp³-hybridized carbons (Fsp3) is 0.143. The van der Waals surface area contributed by atoms with Gasteiger partial charge in [-0.05, 0) is 12.1 Å². The van der Waals surface area contributed by atoms with Gasteiger partial charge in [0.1, 0.15) is 6.61 Å². The predicted octanol–water partition coefficient (Wildman–Crippen LogP) is 2.15. The summed E-state index contributed by atoms with van der Waals surface area (Å²) in [6.07, 6.45) is 1.66. The van der Waals surface area contributed by atoms with Gasteiger partial charge in [0.15, 0.2) is 0 Å². The number of carbonyl (C=O) groups excluding carboxylic acids is 1. The highest BCUT2D eigenvalue weighted by Gasteiger charge is 1.96. The van der Waals surface area contributed by atoms with Gasteiger partial charge >= 0.3 is 3.98 Å². The minimum Gasteiger partial charge on any atom is -0.452 e. The fourth-order valence-corrected chi connectivity index (χ4v) is 0.770. The van der Waals surface area contributed by atoms with Crippen molar-refractivity contribution in [3.63, 3.8) is 0 Å². The number of aromatic nitrogens is 1. The molecular weight excluding hydrogens is 257 g/mol. The quantitative estimate of drug-likeness (QED) is 0.606. The second-order valence-electron chi connectivity index (χ2n) is 1.85. The van der Waals surface area contributed by atoms with E-state index < -0.39 is 0 Å². The summed E-state index contributed by atoms with van der Waals surface area (Å²) >= 11 is 1.58. The summed E-state index contributed by atoms with van der Waals surface area (Å²) in [6, 6.07) is 5.47. The fourth-order valence-electron chi connectivity index (χ4n) is 0.614. The average Bonchev–Trinajstić information content (AvgIpc) is 2.03. The van der Waals surface area contributed by atoms with Crippen molar-refractivity contribution in [3.05, 3.63) is 30.1 Å². The van der Waals surface area contributed by atoms with Crippen molar-refractivity contribution in [2.45, 2.75) is 6.61 Å². The van der Waals surface area contributed by atoms with Crippen molar-refractivity contribution < 1.29 is 9.53 Å². The second kappa shape index (κ2) is 4.27. The Balaban J connectivity index is 2.45. The third kappa shape index (κ3) is 3.31. The van der Waals surface area contributed by atoms with Crippen molar-refractivity contribution >= 4 is 26.6 Å². The number of hydrogen-bond acceptors (Lipinski definition) is 3. The first kappa shape index (κ1) is 8.45. The molecular formula is C7H6INO2. The summed E-state index contributed by atoms with van der Waals surface area (Å²) in [7, 11) is 0. The van der Waals surface area contributed by atoms with Crippen LogP contribution in [0.2, 0.25) is 0 Å². The maximum Gasteiger partial charge on any atom is 0.367 e. The van der Waals surface area contributed by atoms with Crippen LogP contribution in [0.4, 0.5) is 4.79 Å². The first-order valence-electron chi connectivity index (χ1n) is 3.01. The normalized spacial score (nSPS) is 9.18. The molecule has 0 unspecified atom stereocenters. The summed E-state index contributed by atoms with van der Waals surface area (Å²) in [4.78, 5) is 14.3. The monoisotopic (exact) mass is 263 g/mol. The minimum absolute atomic E-state index is 0.253. The van der Waals surface area contributed by atoms with E-state index in [0.29, 0.717) is 0 Å². The van der Waals surface area contributed by atoms with Gasteiger partial charge in [0.05, 0.1) is 28.3 Å². The minimum atomic E-state index is -0.312. The molecule has 1 aromatic heterocycles. The Labute approximate surface area is 77.9 Å². The first-order valence-corrected chi connectivity index (χ1v) is 4.09. The Kier molecular flexibility index (Phi) is 3.28. The summed E-state index contributed by atoms with van der Waals surface area (Å²) in [6.45, 7) is 0.253. The lowest BCUT2D eigenvalue weighted by molar-refractivity contribution is 0.171. The largest absolute Gasteiger partial charge is 0.452 e. The average molecular weight is 263 g/mol. The van der Waals surface area contributed by atoms with Gasteiger partial charge in [-0.25, -0.2) is 4.79 Å². The zero-order valence-electron chi connectivity index (χ0n) is 5.66. The van der Waals surface area contributed by atoms with Crippen molar-refractivity contribution in [2.75, 3.05) is 0 Å². The highest BCUT2D eigenvalue weighted by Crippen LogP contribution is 1.99. The standard InChI is InChI=1S/C7H6INO2/c8-7(10)11-5-6-3-1-2-4-9-6/h1-4H,5H2. The van der Waals surface area contributed by atoms with Crippen LogP contribution in [0.5, 0.6) is 0 Å². The number of halogens is 1. The van der Waals surface area contributed by atoms with E-state index >= 15 is 0 Å². The number of hydrogen-bond donors (Lipinski definition) is 0. The van der Waals surface area contributed by atoms with Gasteiger partial charge in [-0.15, -0.1) is 0 Å². The lowest BCUT2D eigenvalue weighted by atomic mass is 10.4. The highest BCUT2D eigenvalue weighted by molar-refractivity contribution is 14.1. The maximum absolute atomic E-state index is 10.4. The number of pyridine rings is 1. The first-order chi connectivity index (χ1) is 5.29. The number of carbonyl (C=O) groups is 1. The molecule has 11 heavy (non-hydrogen) atoms. The third-order valence-corrected chi connectivity index (χ3v) is 1.37. The van der Waals surface area contributed by atoms with Crippen LogP contribution in [-0.2, 0) is 11.3 Å². The van der Waals surface area contributed by atoms with Crippen molar-refractivity contribution in [1.82, 2.24) is 4.98 Å². The van der Waals surface area contributed by atoms with Crippen LogP contribution >= 0.6 is 22.6 Å². The van der Waals surface area contributed by atoms with Gasteiger partial charge in [-0.1, -0.05) is 6.07 Å². The molecule has 0 spiro atoms. The SMILES string of the molecule is O=C(I)OCc1ccccn1. The van der Waals surface area contributed by atoms with E-state index in [9.17, 15) is 4.79 Å². The smallest absolute Gasteiger partial charge is 0.367 e. The molecule has 0 aromatic carbocycles. The molecule has 0 saturated carbocycles. The van der Waals surface area contributed by atoms with E-state index in [2.05, 4.69) is 4.98 Å². The molecule has 1 rings (SSSR count). The van der Waals surface area contributed by atoms with Gasteiger partial charge < -0.3 is 4.74 Å². The van der Waals surface area contributed by atoms with Gasteiger partial charge in [-0.3, -0.25) is 4.98 Å². The van der Waals surface area contributed by atoms with Crippen LogP contribution in [0.25, 0.3) is 0 Å². The topological polar surface area (TPSA) is 39.2 Å². The van der Waals surface area contributed by atoms with Crippen LogP contribution in [0.3, 0.4) is 0 Å².